The highest BCUT2D eigenvalue weighted by molar-refractivity contribution is 6.30. The lowest BCUT2D eigenvalue weighted by Crippen LogP contribution is -2.25. The second kappa shape index (κ2) is 10.4. The van der Waals surface area contributed by atoms with Gasteiger partial charge in [-0.3, -0.25) is 14.5 Å². The van der Waals surface area contributed by atoms with E-state index in [0.29, 0.717) is 28.9 Å². The maximum atomic E-state index is 11.6. The largest absolute Gasteiger partial charge is 0.439 e. The van der Waals surface area contributed by atoms with E-state index < -0.39 is 5.76 Å². The van der Waals surface area contributed by atoms with Crippen LogP contribution < -0.4 is 11.1 Å². The Labute approximate surface area is 213 Å². The zero-order valence-electron chi connectivity index (χ0n) is 20.6. The third kappa shape index (κ3) is 5.15. The molecule has 10 nitrogen and oxygen atoms in total. The fourth-order valence-corrected chi connectivity index (χ4v) is 5.10. The summed E-state index contributed by atoms with van der Waals surface area (Å²) < 4.78 is 12.3. The van der Waals surface area contributed by atoms with Gasteiger partial charge < -0.3 is 14.6 Å². The zero-order chi connectivity index (χ0) is 25.2. The van der Waals surface area contributed by atoms with Gasteiger partial charge in [0.15, 0.2) is 0 Å². The van der Waals surface area contributed by atoms with E-state index in [4.69, 9.17) is 30.8 Å². The highest BCUT2D eigenvalue weighted by atomic mass is 35.5. The summed E-state index contributed by atoms with van der Waals surface area (Å²) in [5.74, 6) is 1.63. The van der Waals surface area contributed by atoms with E-state index in [1.54, 1.807) is 19.5 Å². The zero-order valence-corrected chi connectivity index (χ0v) is 21.4. The minimum atomic E-state index is -0.648. The first kappa shape index (κ1) is 24.5. The van der Waals surface area contributed by atoms with Crippen LogP contribution in [0, 0.1) is 11.8 Å². The maximum Gasteiger partial charge on any atom is 0.439 e. The summed E-state index contributed by atoms with van der Waals surface area (Å²) in [7, 11) is 1.68. The first-order chi connectivity index (χ1) is 17.4. The van der Waals surface area contributed by atoms with Gasteiger partial charge in [0.05, 0.1) is 28.4 Å². The van der Waals surface area contributed by atoms with Crippen LogP contribution >= 0.6 is 11.6 Å². The van der Waals surface area contributed by atoms with Crippen molar-refractivity contribution in [3.8, 4) is 22.8 Å². The van der Waals surface area contributed by atoms with Gasteiger partial charge in [0.25, 0.3) is 0 Å². The van der Waals surface area contributed by atoms with Gasteiger partial charge in [-0.1, -0.05) is 36.5 Å². The summed E-state index contributed by atoms with van der Waals surface area (Å²) in [5, 5.41) is 7.85. The minimum Gasteiger partial charge on any atom is -0.383 e. The molecule has 0 aromatic carbocycles. The standard InChI is InChI=1S/C25H30ClN7O3/c1-14-4-6-16(7-5-14)12-33-22-19(30-24(33)28-15(2)13-35-3)9-20(23-31-25(34)36-32-23)29-21(22)17-8-18(26)11-27-10-17/h8-11,14-16H,4-7,12-13H2,1-3H3,(H,28,30)(H,31,32,34)/t14-,15?,16-. The third-order valence-corrected chi connectivity index (χ3v) is 6.96. The smallest absolute Gasteiger partial charge is 0.383 e. The SMILES string of the molecule is COCC(C)Nc1nc2cc(-c3noc(=O)[nH]3)nc(-c3cncc(Cl)c3)c2n1C[C@H]1CC[C@H](C)CC1. The average molecular weight is 512 g/mol. The number of nitrogens with zero attached hydrogens (tertiary/aromatic N) is 5. The summed E-state index contributed by atoms with van der Waals surface area (Å²) in [6, 6.07) is 3.69. The van der Waals surface area contributed by atoms with Gasteiger partial charge in [-0.25, -0.2) is 14.8 Å². The van der Waals surface area contributed by atoms with Crippen LogP contribution in [0.1, 0.15) is 39.5 Å². The molecule has 5 rings (SSSR count). The molecule has 1 aliphatic carbocycles. The van der Waals surface area contributed by atoms with Gasteiger partial charge in [0.2, 0.25) is 11.8 Å². The normalized spacial score (nSPS) is 19.0. The van der Waals surface area contributed by atoms with E-state index in [-0.39, 0.29) is 11.9 Å². The molecular weight excluding hydrogens is 482 g/mol. The Kier molecular flexibility index (Phi) is 7.06. The van der Waals surface area contributed by atoms with Crippen molar-refractivity contribution < 1.29 is 9.26 Å². The van der Waals surface area contributed by atoms with Gasteiger partial charge >= 0.3 is 5.76 Å². The van der Waals surface area contributed by atoms with Gasteiger partial charge in [-0.15, -0.1) is 0 Å². The number of aromatic nitrogens is 6. The Balaban J connectivity index is 1.70. The van der Waals surface area contributed by atoms with Crippen LogP contribution in [0.5, 0.6) is 0 Å². The molecule has 0 aliphatic heterocycles. The van der Waals surface area contributed by atoms with Crippen molar-refractivity contribution in [3.05, 3.63) is 40.1 Å². The van der Waals surface area contributed by atoms with Gasteiger partial charge in [-0.2, -0.15) is 0 Å². The average Bonchev–Trinajstić information content (AvgIpc) is 3.43. The number of hydrogen-bond donors (Lipinski definition) is 2. The van der Waals surface area contributed by atoms with E-state index in [1.807, 2.05) is 12.1 Å². The molecule has 1 saturated carbocycles. The summed E-state index contributed by atoms with van der Waals surface area (Å²) in [4.78, 5) is 28.4. The van der Waals surface area contributed by atoms with E-state index in [0.717, 1.165) is 35.0 Å². The van der Waals surface area contributed by atoms with Gasteiger partial charge in [0.1, 0.15) is 5.69 Å². The Bertz CT molecular complexity index is 1400. The molecule has 2 N–H and O–H groups in total. The molecule has 0 amide bonds. The number of ether oxygens (including phenoxy) is 1. The molecule has 0 bridgehead atoms. The van der Waals surface area contributed by atoms with E-state index >= 15 is 0 Å². The Hall–Kier alpha value is -3.24. The van der Waals surface area contributed by atoms with E-state index in [2.05, 4.69) is 38.9 Å². The molecule has 190 valence electrons. The van der Waals surface area contributed by atoms with Crippen molar-refractivity contribution in [2.45, 2.75) is 52.1 Å². The molecule has 1 aliphatic rings. The molecule has 1 atom stereocenters. The number of aromatic amines is 1. The Morgan fingerprint density at radius 3 is 2.75 bits per heavy atom. The molecule has 0 radical (unpaired) electrons. The van der Waals surface area contributed by atoms with Crippen molar-refractivity contribution in [1.82, 2.24) is 29.7 Å². The number of H-pyrrole nitrogens is 1. The van der Waals surface area contributed by atoms with Crippen LogP contribution in [-0.4, -0.2) is 49.4 Å². The summed E-state index contributed by atoms with van der Waals surface area (Å²) in [6.45, 7) is 5.74. The van der Waals surface area contributed by atoms with Gasteiger partial charge in [0, 0.05) is 37.7 Å². The molecule has 36 heavy (non-hydrogen) atoms. The lowest BCUT2D eigenvalue weighted by atomic mass is 9.83. The molecule has 11 heteroatoms. The second-order valence-corrected chi connectivity index (χ2v) is 10.2. The highest BCUT2D eigenvalue weighted by Crippen LogP contribution is 2.36. The van der Waals surface area contributed by atoms with Crippen LogP contribution in [0.25, 0.3) is 33.8 Å². The van der Waals surface area contributed by atoms with Crippen LogP contribution in [0.2, 0.25) is 5.02 Å². The van der Waals surface area contributed by atoms with Crippen LogP contribution in [0.3, 0.4) is 0 Å². The molecule has 1 fully saturated rings. The van der Waals surface area contributed by atoms with Gasteiger partial charge in [-0.05, 0) is 43.7 Å². The summed E-state index contributed by atoms with van der Waals surface area (Å²) >= 11 is 6.31. The number of nitrogens with one attached hydrogen (secondary N) is 2. The number of hydrogen-bond acceptors (Lipinski definition) is 8. The molecule has 4 heterocycles. The Morgan fingerprint density at radius 2 is 2.06 bits per heavy atom. The number of pyridine rings is 2. The summed E-state index contributed by atoms with van der Waals surface area (Å²) in [5.41, 5.74) is 3.44. The van der Waals surface area contributed by atoms with E-state index in [1.165, 1.54) is 25.7 Å². The van der Waals surface area contributed by atoms with Crippen molar-refractivity contribution in [2.75, 3.05) is 19.0 Å². The number of methoxy groups -OCH3 is 1. The minimum absolute atomic E-state index is 0.0487. The van der Waals surface area contributed by atoms with Crippen LogP contribution in [0.15, 0.2) is 33.8 Å². The Morgan fingerprint density at radius 1 is 1.25 bits per heavy atom. The fraction of sp³-hybridized carbons (Fsp3) is 0.480. The second-order valence-electron chi connectivity index (χ2n) is 9.73. The maximum absolute atomic E-state index is 11.6. The third-order valence-electron chi connectivity index (χ3n) is 6.75. The molecule has 4 aromatic heterocycles. The number of halogens is 1. The monoisotopic (exact) mass is 511 g/mol. The topological polar surface area (TPSA) is 124 Å². The predicted molar refractivity (Wildman–Crippen MR) is 138 cm³/mol. The lowest BCUT2D eigenvalue weighted by Gasteiger charge is -2.27. The lowest BCUT2D eigenvalue weighted by molar-refractivity contribution is 0.190. The first-order valence-corrected chi connectivity index (χ1v) is 12.6. The number of imidazole rings is 1. The van der Waals surface area contributed by atoms with Crippen LogP contribution in [0.4, 0.5) is 5.95 Å². The van der Waals surface area contributed by atoms with Crippen molar-refractivity contribution in [3.63, 3.8) is 0 Å². The number of fused-ring (bicyclic) bond motifs is 1. The first-order valence-electron chi connectivity index (χ1n) is 12.2. The molecule has 0 spiro atoms. The van der Waals surface area contributed by atoms with Crippen molar-refractivity contribution >= 4 is 28.6 Å². The number of anilines is 1. The van der Waals surface area contributed by atoms with Crippen LogP contribution in [-0.2, 0) is 11.3 Å². The highest BCUT2D eigenvalue weighted by Gasteiger charge is 2.25. The predicted octanol–water partition coefficient (Wildman–Crippen LogP) is 4.76. The molecule has 0 saturated heterocycles. The van der Waals surface area contributed by atoms with Crippen molar-refractivity contribution in [1.29, 1.82) is 0 Å². The fourth-order valence-electron chi connectivity index (χ4n) is 4.93. The quantitative estimate of drug-likeness (QED) is 0.347. The number of rotatable bonds is 8. The van der Waals surface area contributed by atoms with E-state index in [9.17, 15) is 4.79 Å². The molecule has 1 unspecified atom stereocenters. The molecular formula is C25H30ClN7O3. The summed E-state index contributed by atoms with van der Waals surface area (Å²) in [6.07, 6.45) is 8.12. The molecule has 4 aromatic rings. The van der Waals surface area contributed by atoms with Crippen molar-refractivity contribution in [2.24, 2.45) is 11.8 Å².